The number of aromatic nitrogens is 2. The van der Waals surface area contributed by atoms with Crippen molar-refractivity contribution < 1.29 is 18.8 Å². The van der Waals surface area contributed by atoms with Crippen molar-refractivity contribution in [3.8, 4) is 0 Å². The second-order valence-electron chi connectivity index (χ2n) is 8.51. The van der Waals surface area contributed by atoms with E-state index in [9.17, 15) is 14.4 Å². The van der Waals surface area contributed by atoms with Crippen molar-refractivity contribution in [1.82, 2.24) is 19.5 Å². The van der Waals surface area contributed by atoms with Crippen molar-refractivity contribution in [1.29, 1.82) is 0 Å². The summed E-state index contributed by atoms with van der Waals surface area (Å²) in [6.45, 7) is 3.12. The quantitative estimate of drug-likeness (QED) is 0.718. The summed E-state index contributed by atoms with van der Waals surface area (Å²) in [5.74, 6) is 0.641. The van der Waals surface area contributed by atoms with Crippen molar-refractivity contribution in [2.75, 3.05) is 39.4 Å². The summed E-state index contributed by atoms with van der Waals surface area (Å²) in [7, 11) is 0. The molecule has 3 aliphatic rings. The molecule has 3 atom stereocenters. The number of ether oxygens (including phenoxy) is 1. The van der Waals surface area contributed by atoms with Crippen molar-refractivity contribution in [3.63, 3.8) is 0 Å². The maximum Gasteiger partial charge on any atom is 0.251 e. The van der Waals surface area contributed by atoms with Crippen molar-refractivity contribution in [2.45, 2.75) is 31.2 Å². The van der Waals surface area contributed by atoms with Gasteiger partial charge in [-0.2, -0.15) is 0 Å². The smallest absolute Gasteiger partial charge is 0.251 e. The monoisotopic (exact) mass is 426 g/mol. The number of hydrogen-bond donors (Lipinski definition) is 0. The summed E-state index contributed by atoms with van der Waals surface area (Å²) in [6.07, 6.45) is 3.20. The van der Waals surface area contributed by atoms with Crippen LogP contribution in [0, 0.1) is 5.92 Å². The van der Waals surface area contributed by atoms with Gasteiger partial charge in [-0.3, -0.25) is 19.0 Å². The molecular weight excluding hydrogens is 400 g/mol. The SMILES string of the molecule is O=C(CCc1ccno1)N1C[C@@H]2C[C@H](C1)[C@H](C(=O)N1CCOCC1)n1c2cccc1=O. The molecule has 0 radical (unpaired) electrons. The summed E-state index contributed by atoms with van der Waals surface area (Å²) in [5, 5.41) is 3.68. The van der Waals surface area contributed by atoms with Gasteiger partial charge in [0.15, 0.2) is 0 Å². The first-order valence-electron chi connectivity index (χ1n) is 10.9. The molecule has 2 amide bonds. The molecule has 9 nitrogen and oxygen atoms in total. The predicted octanol–water partition coefficient (Wildman–Crippen LogP) is 0.815. The van der Waals surface area contributed by atoms with Crippen LogP contribution in [0.25, 0.3) is 0 Å². The molecule has 0 aromatic carbocycles. The Morgan fingerprint density at radius 3 is 2.71 bits per heavy atom. The number of rotatable bonds is 4. The normalized spacial score (nSPS) is 25.2. The van der Waals surface area contributed by atoms with E-state index in [4.69, 9.17) is 9.26 Å². The Labute approximate surface area is 179 Å². The maximum absolute atomic E-state index is 13.5. The Morgan fingerprint density at radius 2 is 1.94 bits per heavy atom. The topological polar surface area (TPSA) is 97.9 Å². The Hall–Kier alpha value is -2.94. The standard InChI is InChI=1S/C22H26N4O5/c27-19(5-4-17-6-7-23-31-17)25-13-15-12-16(14-25)21(22(29)24-8-10-30-11-9-24)26-18(15)2-1-3-20(26)28/h1-3,6-7,15-16,21H,4-5,8-14H2/t15-,16+,21+/m0/s1. The minimum Gasteiger partial charge on any atom is -0.378 e. The van der Waals surface area contributed by atoms with E-state index in [0.29, 0.717) is 58.0 Å². The van der Waals surface area contributed by atoms with Crippen LogP contribution >= 0.6 is 0 Å². The van der Waals surface area contributed by atoms with E-state index < -0.39 is 6.04 Å². The third kappa shape index (κ3) is 3.78. The summed E-state index contributed by atoms with van der Waals surface area (Å²) < 4.78 is 12.2. The molecule has 0 N–H and O–H groups in total. The van der Waals surface area contributed by atoms with Crippen molar-refractivity contribution in [3.05, 3.63) is 52.3 Å². The fraction of sp³-hybridized carbons (Fsp3) is 0.545. The highest BCUT2D eigenvalue weighted by Gasteiger charge is 2.45. The number of amides is 2. The van der Waals surface area contributed by atoms with Gasteiger partial charge in [-0.05, 0) is 12.5 Å². The van der Waals surface area contributed by atoms with E-state index in [0.717, 1.165) is 12.1 Å². The predicted molar refractivity (Wildman–Crippen MR) is 109 cm³/mol. The molecule has 31 heavy (non-hydrogen) atoms. The number of hydrogen-bond acceptors (Lipinski definition) is 6. The van der Waals surface area contributed by atoms with Crippen LogP contribution in [0.15, 0.2) is 39.8 Å². The van der Waals surface area contributed by atoms with Crippen LogP contribution in [0.3, 0.4) is 0 Å². The fourth-order valence-corrected chi connectivity index (χ4v) is 5.19. The molecule has 0 saturated carbocycles. The van der Waals surface area contributed by atoms with Crippen LogP contribution in [0.1, 0.15) is 36.3 Å². The summed E-state index contributed by atoms with van der Waals surface area (Å²) in [6, 6.07) is 6.37. The molecule has 2 saturated heterocycles. The lowest BCUT2D eigenvalue weighted by Crippen LogP contribution is -2.56. The third-order valence-corrected chi connectivity index (χ3v) is 6.65. The van der Waals surface area contributed by atoms with Crippen LogP contribution < -0.4 is 5.56 Å². The van der Waals surface area contributed by atoms with Gasteiger partial charge in [0.05, 0.1) is 19.4 Å². The number of pyridine rings is 1. The van der Waals surface area contributed by atoms with Gasteiger partial charge in [-0.15, -0.1) is 0 Å². The van der Waals surface area contributed by atoms with Crippen molar-refractivity contribution in [2.24, 2.45) is 5.92 Å². The van der Waals surface area contributed by atoms with Crippen LogP contribution in [0.4, 0.5) is 0 Å². The molecule has 0 spiro atoms. The first-order valence-corrected chi connectivity index (χ1v) is 10.9. The van der Waals surface area contributed by atoms with Gasteiger partial charge in [0.1, 0.15) is 11.8 Å². The molecule has 0 aliphatic carbocycles. The average molecular weight is 426 g/mol. The Morgan fingerprint density at radius 1 is 1.10 bits per heavy atom. The third-order valence-electron chi connectivity index (χ3n) is 6.65. The molecular formula is C22H26N4O5. The van der Waals surface area contributed by atoms with E-state index in [1.165, 1.54) is 6.07 Å². The Kier molecular flexibility index (Phi) is 5.35. The van der Waals surface area contributed by atoms with Gasteiger partial charge in [-0.1, -0.05) is 11.2 Å². The van der Waals surface area contributed by atoms with Gasteiger partial charge in [0, 0.05) is 68.7 Å². The van der Waals surface area contributed by atoms with Gasteiger partial charge in [0.2, 0.25) is 11.8 Å². The van der Waals surface area contributed by atoms with E-state index in [1.807, 2.05) is 11.0 Å². The summed E-state index contributed by atoms with van der Waals surface area (Å²) in [4.78, 5) is 42.9. The molecule has 0 unspecified atom stereocenters. The molecule has 5 heterocycles. The Balaban J connectivity index is 1.41. The number of carbonyl (C=O) groups is 2. The molecule has 2 aromatic rings. The maximum atomic E-state index is 13.5. The van der Waals surface area contributed by atoms with E-state index >= 15 is 0 Å². The van der Waals surface area contributed by atoms with E-state index in [-0.39, 0.29) is 29.2 Å². The van der Waals surface area contributed by atoms with Crippen LogP contribution in [0.2, 0.25) is 0 Å². The van der Waals surface area contributed by atoms with E-state index in [1.54, 1.807) is 27.8 Å². The Bertz CT molecular complexity index is 1010. The largest absolute Gasteiger partial charge is 0.378 e. The highest BCUT2D eigenvalue weighted by atomic mass is 16.5. The van der Waals surface area contributed by atoms with E-state index in [2.05, 4.69) is 5.16 Å². The number of aryl methyl sites for hydroxylation is 1. The average Bonchev–Trinajstić information content (AvgIpc) is 3.32. The lowest BCUT2D eigenvalue weighted by Gasteiger charge is -2.47. The number of nitrogens with zero attached hydrogens (tertiary/aromatic N) is 4. The lowest BCUT2D eigenvalue weighted by atomic mass is 9.77. The second kappa shape index (κ2) is 8.30. The molecule has 164 valence electrons. The molecule has 2 bridgehead atoms. The van der Waals surface area contributed by atoms with Crippen molar-refractivity contribution >= 4 is 11.8 Å². The van der Waals surface area contributed by atoms with Crippen LogP contribution in [-0.2, 0) is 20.7 Å². The summed E-state index contributed by atoms with van der Waals surface area (Å²) in [5.41, 5.74) is 0.701. The molecule has 3 aliphatic heterocycles. The number of carbonyl (C=O) groups excluding carboxylic acids is 2. The van der Waals surface area contributed by atoms with Gasteiger partial charge >= 0.3 is 0 Å². The van der Waals surface area contributed by atoms with Gasteiger partial charge < -0.3 is 19.1 Å². The zero-order valence-electron chi connectivity index (χ0n) is 17.3. The first kappa shape index (κ1) is 20.0. The zero-order chi connectivity index (χ0) is 21.4. The van der Waals surface area contributed by atoms with Gasteiger partial charge in [0.25, 0.3) is 5.56 Å². The van der Waals surface area contributed by atoms with Crippen LogP contribution in [-0.4, -0.2) is 70.7 Å². The van der Waals surface area contributed by atoms with Gasteiger partial charge in [-0.25, -0.2) is 0 Å². The minimum absolute atomic E-state index is 0.0374. The highest BCUT2D eigenvalue weighted by Crippen LogP contribution is 2.42. The molecule has 5 rings (SSSR count). The lowest BCUT2D eigenvalue weighted by molar-refractivity contribution is -0.145. The minimum atomic E-state index is -0.581. The second-order valence-corrected chi connectivity index (χ2v) is 8.51. The molecule has 2 fully saturated rings. The number of likely N-dealkylation sites (tertiary alicyclic amines) is 1. The highest BCUT2D eigenvalue weighted by molar-refractivity contribution is 5.82. The first-order chi connectivity index (χ1) is 15.1. The fourth-order valence-electron chi connectivity index (χ4n) is 5.19. The number of fused-ring (bicyclic) bond motifs is 4. The molecule has 2 aromatic heterocycles. The number of piperidine rings is 1. The molecule has 9 heteroatoms. The zero-order valence-corrected chi connectivity index (χ0v) is 17.3. The summed E-state index contributed by atoms with van der Waals surface area (Å²) >= 11 is 0. The van der Waals surface area contributed by atoms with Crippen LogP contribution in [0.5, 0.6) is 0 Å². The number of morpholine rings is 1.